The summed E-state index contributed by atoms with van der Waals surface area (Å²) in [4.78, 5) is 33.5. The first kappa shape index (κ1) is 26.4. The van der Waals surface area contributed by atoms with Gasteiger partial charge in [-0.1, -0.05) is 48.0 Å². The zero-order valence-corrected chi connectivity index (χ0v) is 21.4. The second-order valence-corrected chi connectivity index (χ2v) is 9.56. The maximum absolute atomic E-state index is 14.4. The number of amides is 2. The number of aliphatic hydroxyl groups is 1. The monoisotopic (exact) mass is 536 g/mol. The van der Waals surface area contributed by atoms with Crippen molar-refractivity contribution in [2.45, 2.75) is 32.2 Å². The largest absolute Gasteiger partial charge is 0.428 e. The van der Waals surface area contributed by atoms with Gasteiger partial charge in [-0.05, 0) is 44.2 Å². The number of aryl methyl sites for hydroxylation is 2. The number of carbonyl (C=O) groups excluding carboxylic acids is 2. The quantitative estimate of drug-likeness (QED) is 0.403. The third-order valence-electron chi connectivity index (χ3n) is 7.09. The Hall–Kier alpha value is -4.18. The van der Waals surface area contributed by atoms with Crippen LogP contribution >= 0.6 is 0 Å². The van der Waals surface area contributed by atoms with Crippen LogP contribution in [0.25, 0.3) is 11.0 Å². The summed E-state index contributed by atoms with van der Waals surface area (Å²) in [7, 11) is 0. The first-order valence-electron chi connectivity index (χ1n) is 12.6. The summed E-state index contributed by atoms with van der Waals surface area (Å²) in [6.07, 6.45) is -5.06. The highest BCUT2D eigenvalue weighted by Crippen LogP contribution is 2.44. The van der Waals surface area contributed by atoms with Crippen molar-refractivity contribution in [2.24, 2.45) is 0 Å². The highest BCUT2D eigenvalue weighted by Gasteiger charge is 2.59. The number of fused-ring (bicyclic) bond motifs is 1. The Morgan fingerprint density at radius 1 is 1.00 bits per heavy atom. The van der Waals surface area contributed by atoms with Crippen molar-refractivity contribution in [3.05, 3.63) is 95.3 Å². The Bertz CT molecular complexity index is 1530. The standard InChI is InChI=1S/C29H27F3N4O3/c1-3-35-24-17-20(26(38)34-15-16-36(25(37)18-34)22-12-9-19(2)10-13-22)11-14-23(24)33-27(35)28(39,29(30,31)32)21-7-5-4-6-8-21/h4-14,17,39H,3,15-16,18H2,1-2H3. The van der Waals surface area contributed by atoms with E-state index in [4.69, 9.17) is 0 Å². The predicted octanol–water partition coefficient (Wildman–Crippen LogP) is 4.65. The number of nitrogens with zero attached hydrogens (tertiary/aromatic N) is 4. The molecule has 1 atom stereocenters. The summed E-state index contributed by atoms with van der Waals surface area (Å²) in [6.45, 7) is 4.17. The van der Waals surface area contributed by atoms with Crippen LogP contribution in [0.1, 0.15) is 34.2 Å². The highest BCUT2D eigenvalue weighted by atomic mass is 19.4. The van der Waals surface area contributed by atoms with Crippen LogP contribution in [-0.4, -0.2) is 57.2 Å². The van der Waals surface area contributed by atoms with E-state index < -0.39 is 23.5 Å². The maximum atomic E-state index is 14.4. The molecular weight excluding hydrogens is 509 g/mol. The molecule has 2 amide bonds. The van der Waals surface area contributed by atoms with Crippen molar-refractivity contribution in [3.8, 4) is 0 Å². The molecule has 10 heteroatoms. The maximum Gasteiger partial charge on any atom is 0.428 e. The summed E-state index contributed by atoms with van der Waals surface area (Å²) in [6, 6.07) is 18.8. The van der Waals surface area contributed by atoms with Gasteiger partial charge in [0.25, 0.3) is 5.91 Å². The number of hydrogen-bond acceptors (Lipinski definition) is 4. The molecule has 1 saturated heterocycles. The molecule has 1 unspecified atom stereocenters. The van der Waals surface area contributed by atoms with E-state index in [0.29, 0.717) is 13.1 Å². The Morgan fingerprint density at radius 2 is 1.69 bits per heavy atom. The van der Waals surface area contributed by atoms with E-state index in [1.165, 1.54) is 51.9 Å². The molecule has 1 aliphatic heterocycles. The van der Waals surface area contributed by atoms with Gasteiger partial charge in [-0.15, -0.1) is 0 Å². The summed E-state index contributed by atoms with van der Waals surface area (Å²) >= 11 is 0. The third kappa shape index (κ3) is 4.54. The van der Waals surface area contributed by atoms with Gasteiger partial charge in [0.1, 0.15) is 6.54 Å². The van der Waals surface area contributed by atoms with E-state index >= 15 is 0 Å². The van der Waals surface area contributed by atoms with E-state index in [-0.39, 0.29) is 41.2 Å². The van der Waals surface area contributed by atoms with Gasteiger partial charge in [-0.2, -0.15) is 13.2 Å². The van der Waals surface area contributed by atoms with E-state index in [9.17, 15) is 27.9 Å². The molecule has 1 aromatic heterocycles. The molecule has 0 spiro atoms. The normalized spacial score (nSPS) is 16.0. The van der Waals surface area contributed by atoms with Crippen LogP contribution < -0.4 is 4.90 Å². The second kappa shape index (κ2) is 9.85. The smallest absolute Gasteiger partial charge is 0.370 e. The number of piperazine rings is 1. The fourth-order valence-corrected chi connectivity index (χ4v) is 4.98. The van der Waals surface area contributed by atoms with Crippen LogP contribution in [0.3, 0.4) is 0 Å². The number of halogens is 3. The molecule has 0 radical (unpaired) electrons. The fraction of sp³-hybridized carbons (Fsp3) is 0.276. The summed E-state index contributed by atoms with van der Waals surface area (Å²) in [5.41, 5.74) is -1.17. The molecule has 1 fully saturated rings. The van der Waals surface area contributed by atoms with Crippen molar-refractivity contribution >= 4 is 28.5 Å². The predicted molar refractivity (Wildman–Crippen MR) is 140 cm³/mol. The van der Waals surface area contributed by atoms with Crippen LogP contribution in [-0.2, 0) is 16.9 Å². The number of anilines is 1. The molecule has 0 aliphatic carbocycles. The van der Waals surface area contributed by atoms with Crippen molar-refractivity contribution in [1.29, 1.82) is 0 Å². The third-order valence-corrected chi connectivity index (χ3v) is 7.09. The van der Waals surface area contributed by atoms with Gasteiger partial charge >= 0.3 is 6.18 Å². The zero-order valence-electron chi connectivity index (χ0n) is 21.4. The molecule has 0 bridgehead atoms. The molecule has 0 saturated carbocycles. The number of rotatable bonds is 5. The summed E-state index contributed by atoms with van der Waals surface area (Å²) in [5.74, 6) is -1.21. The molecule has 3 aromatic carbocycles. The average molecular weight is 537 g/mol. The highest BCUT2D eigenvalue weighted by molar-refractivity contribution is 6.03. The average Bonchev–Trinajstić information content (AvgIpc) is 3.30. The van der Waals surface area contributed by atoms with Crippen molar-refractivity contribution in [2.75, 3.05) is 24.5 Å². The van der Waals surface area contributed by atoms with Crippen molar-refractivity contribution < 1.29 is 27.9 Å². The van der Waals surface area contributed by atoms with E-state index in [0.717, 1.165) is 11.3 Å². The lowest BCUT2D eigenvalue weighted by Gasteiger charge is -2.34. The molecule has 39 heavy (non-hydrogen) atoms. The lowest BCUT2D eigenvalue weighted by Crippen LogP contribution is -2.52. The van der Waals surface area contributed by atoms with Crippen LogP contribution in [0.15, 0.2) is 72.8 Å². The van der Waals surface area contributed by atoms with Gasteiger partial charge in [0.15, 0.2) is 5.82 Å². The minimum atomic E-state index is -5.06. The topological polar surface area (TPSA) is 78.7 Å². The van der Waals surface area contributed by atoms with Crippen LogP contribution in [0, 0.1) is 6.92 Å². The molecule has 5 rings (SSSR count). The number of hydrogen-bond donors (Lipinski definition) is 1. The molecule has 202 valence electrons. The number of carbonyl (C=O) groups is 2. The van der Waals surface area contributed by atoms with Crippen LogP contribution in [0.5, 0.6) is 0 Å². The van der Waals surface area contributed by atoms with Gasteiger partial charge in [-0.25, -0.2) is 4.98 Å². The molecule has 7 nitrogen and oxygen atoms in total. The first-order chi connectivity index (χ1) is 18.5. The Morgan fingerprint density at radius 3 is 2.31 bits per heavy atom. The van der Waals surface area contributed by atoms with Gasteiger partial charge in [-0.3, -0.25) is 9.59 Å². The van der Waals surface area contributed by atoms with Crippen molar-refractivity contribution in [3.63, 3.8) is 0 Å². The Balaban J connectivity index is 1.47. The zero-order chi connectivity index (χ0) is 27.9. The van der Waals surface area contributed by atoms with Crippen LogP contribution in [0.4, 0.5) is 18.9 Å². The molecule has 1 aliphatic rings. The molecule has 1 N–H and O–H groups in total. The fourth-order valence-electron chi connectivity index (χ4n) is 4.98. The molecule has 2 heterocycles. The minimum absolute atomic E-state index is 0.0718. The van der Waals surface area contributed by atoms with E-state index in [1.54, 1.807) is 17.9 Å². The van der Waals surface area contributed by atoms with Crippen molar-refractivity contribution in [1.82, 2.24) is 14.5 Å². The molecular formula is C29H27F3N4O3. The van der Waals surface area contributed by atoms with E-state index in [1.807, 2.05) is 31.2 Å². The van der Waals surface area contributed by atoms with Gasteiger partial charge in [0.05, 0.1) is 11.0 Å². The number of benzene rings is 3. The van der Waals surface area contributed by atoms with Gasteiger partial charge in [0, 0.05) is 36.4 Å². The Kier molecular flexibility index (Phi) is 6.67. The SMILES string of the molecule is CCn1c(C(O)(c2ccccc2)C(F)(F)F)nc2ccc(C(=O)N3CCN(c4ccc(C)cc4)C(=O)C3)cc21. The number of aromatic nitrogens is 2. The lowest BCUT2D eigenvalue weighted by molar-refractivity contribution is -0.252. The minimum Gasteiger partial charge on any atom is -0.370 e. The van der Waals surface area contributed by atoms with E-state index in [2.05, 4.69) is 4.98 Å². The Labute approximate surface area is 223 Å². The number of imidazole rings is 1. The summed E-state index contributed by atoms with van der Waals surface area (Å²) < 4.78 is 44.4. The first-order valence-corrected chi connectivity index (χ1v) is 12.6. The van der Waals surface area contributed by atoms with Gasteiger partial charge in [0.2, 0.25) is 11.5 Å². The van der Waals surface area contributed by atoms with Gasteiger partial charge < -0.3 is 19.5 Å². The second-order valence-electron chi connectivity index (χ2n) is 9.56. The number of alkyl halides is 3. The summed E-state index contributed by atoms with van der Waals surface area (Å²) in [5, 5.41) is 11.1. The van der Waals surface area contributed by atoms with Crippen LogP contribution in [0.2, 0.25) is 0 Å². The lowest BCUT2D eigenvalue weighted by atomic mass is 9.92. The molecule has 4 aromatic rings.